The molecular formula is C10H6BrF7. The summed E-state index contributed by atoms with van der Waals surface area (Å²) < 4.78 is 88.2. The van der Waals surface area contributed by atoms with Gasteiger partial charge in [-0.25, -0.2) is 4.39 Å². The molecule has 0 aliphatic heterocycles. The predicted octanol–water partition coefficient (Wildman–Crippen LogP) is 5.05. The van der Waals surface area contributed by atoms with Crippen molar-refractivity contribution < 1.29 is 30.7 Å². The van der Waals surface area contributed by atoms with E-state index >= 15 is 0 Å². The molecule has 0 aliphatic rings. The third kappa shape index (κ3) is 2.48. The third-order valence-corrected chi connectivity index (χ3v) is 2.68. The molecule has 0 amide bonds. The first-order valence-corrected chi connectivity index (χ1v) is 5.29. The maximum absolute atomic E-state index is 13.6. The number of halogens is 8. The number of rotatable bonds is 1. The smallest absolute Gasteiger partial charge is 0.218 e. The van der Waals surface area contributed by atoms with Gasteiger partial charge in [-0.1, -0.05) is 22.0 Å². The van der Waals surface area contributed by atoms with E-state index in [-0.39, 0.29) is 10.0 Å². The molecule has 18 heavy (non-hydrogen) atoms. The largest absolute Gasteiger partial charge is 0.435 e. The summed E-state index contributed by atoms with van der Waals surface area (Å²) in [7, 11) is 0. The molecule has 8 heteroatoms. The second-order valence-electron chi connectivity index (χ2n) is 3.67. The molecule has 0 spiro atoms. The molecule has 0 atom stereocenters. The molecule has 0 bridgehead atoms. The Bertz CT molecular complexity index is 412. The highest BCUT2D eigenvalue weighted by Gasteiger charge is 2.73. The molecule has 1 rings (SSSR count). The average molecular weight is 339 g/mol. The van der Waals surface area contributed by atoms with E-state index in [1.165, 1.54) is 13.0 Å². The molecule has 0 nitrogen and oxygen atoms in total. The lowest BCUT2D eigenvalue weighted by atomic mass is 9.93. The zero-order chi connectivity index (χ0) is 14.4. The van der Waals surface area contributed by atoms with Crippen LogP contribution in [-0.4, -0.2) is 12.4 Å². The van der Waals surface area contributed by atoms with Crippen LogP contribution in [0, 0.1) is 6.92 Å². The molecule has 0 unspecified atom stereocenters. The summed E-state index contributed by atoms with van der Waals surface area (Å²) in [5.41, 5.74) is -6.79. The van der Waals surface area contributed by atoms with Gasteiger partial charge in [0.15, 0.2) is 0 Å². The molecule has 1 aromatic rings. The lowest BCUT2D eigenvalue weighted by molar-refractivity contribution is -0.348. The van der Waals surface area contributed by atoms with Gasteiger partial charge in [0, 0.05) is 10.0 Å². The van der Waals surface area contributed by atoms with Gasteiger partial charge in [-0.3, -0.25) is 0 Å². The van der Waals surface area contributed by atoms with E-state index in [1.807, 2.05) is 0 Å². The minimum absolute atomic E-state index is 0.0620. The summed E-state index contributed by atoms with van der Waals surface area (Å²) in [4.78, 5) is 0. The summed E-state index contributed by atoms with van der Waals surface area (Å²) in [5.74, 6) is 0. The Kier molecular flexibility index (Phi) is 3.73. The molecular weight excluding hydrogens is 333 g/mol. The van der Waals surface area contributed by atoms with E-state index in [0.717, 1.165) is 0 Å². The second kappa shape index (κ2) is 4.40. The van der Waals surface area contributed by atoms with Crippen LogP contribution in [0.25, 0.3) is 0 Å². The van der Waals surface area contributed by atoms with E-state index in [0.29, 0.717) is 12.1 Å². The Morgan fingerprint density at radius 3 is 1.61 bits per heavy atom. The minimum atomic E-state index is -6.08. The molecule has 0 fully saturated rings. The fourth-order valence-corrected chi connectivity index (χ4v) is 2.03. The van der Waals surface area contributed by atoms with Crippen LogP contribution in [0.15, 0.2) is 22.7 Å². The molecule has 0 N–H and O–H groups in total. The standard InChI is InChI=1S/C10H6BrF7/c1-5-2-6(4-7(11)3-5)8(12,9(13,14)15)10(16,17)18/h2-4H,1H3. The van der Waals surface area contributed by atoms with E-state index < -0.39 is 23.6 Å². The van der Waals surface area contributed by atoms with Crippen molar-refractivity contribution in [2.75, 3.05) is 0 Å². The number of alkyl halides is 7. The molecule has 102 valence electrons. The summed E-state index contributed by atoms with van der Waals surface area (Å²) in [6.45, 7) is 1.27. The minimum Gasteiger partial charge on any atom is -0.218 e. The first-order valence-electron chi connectivity index (χ1n) is 4.49. The van der Waals surface area contributed by atoms with Crippen LogP contribution in [0.5, 0.6) is 0 Å². The average Bonchev–Trinajstić information content (AvgIpc) is 2.11. The van der Waals surface area contributed by atoms with Gasteiger partial charge < -0.3 is 0 Å². The van der Waals surface area contributed by atoms with Crippen LogP contribution in [0.1, 0.15) is 11.1 Å². The molecule has 0 aliphatic carbocycles. The van der Waals surface area contributed by atoms with Crippen LogP contribution in [0.2, 0.25) is 0 Å². The lowest BCUT2D eigenvalue weighted by Crippen LogP contribution is -2.50. The van der Waals surface area contributed by atoms with Crippen LogP contribution in [-0.2, 0) is 5.67 Å². The summed E-state index contributed by atoms with van der Waals surface area (Å²) in [5, 5.41) is 0. The number of hydrogen-bond acceptors (Lipinski definition) is 0. The van der Waals surface area contributed by atoms with Crippen molar-refractivity contribution in [2.24, 2.45) is 0 Å². The van der Waals surface area contributed by atoms with Gasteiger partial charge in [0.1, 0.15) is 0 Å². The first kappa shape index (κ1) is 15.3. The number of hydrogen-bond donors (Lipinski definition) is 0. The van der Waals surface area contributed by atoms with Crippen molar-refractivity contribution in [3.63, 3.8) is 0 Å². The molecule has 0 aromatic heterocycles. The summed E-state index contributed by atoms with van der Waals surface area (Å²) >= 11 is 2.74. The van der Waals surface area contributed by atoms with E-state index in [4.69, 9.17) is 0 Å². The maximum atomic E-state index is 13.6. The fraction of sp³-hybridized carbons (Fsp3) is 0.400. The Hall–Kier alpha value is -0.790. The predicted molar refractivity (Wildman–Crippen MR) is 53.8 cm³/mol. The van der Waals surface area contributed by atoms with Gasteiger partial charge >= 0.3 is 18.0 Å². The van der Waals surface area contributed by atoms with Crippen molar-refractivity contribution in [1.29, 1.82) is 0 Å². The fourth-order valence-electron chi connectivity index (χ4n) is 1.42. The SMILES string of the molecule is Cc1cc(Br)cc(C(F)(C(F)(F)F)C(F)(F)F)c1. The Morgan fingerprint density at radius 2 is 1.28 bits per heavy atom. The Labute approximate surface area is 106 Å². The van der Waals surface area contributed by atoms with Crippen molar-refractivity contribution in [1.82, 2.24) is 0 Å². The zero-order valence-corrected chi connectivity index (χ0v) is 10.3. The summed E-state index contributed by atoms with van der Waals surface area (Å²) in [6.07, 6.45) is -12.2. The van der Waals surface area contributed by atoms with Crippen LogP contribution >= 0.6 is 15.9 Å². The van der Waals surface area contributed by atoms with Crippen molar-refractivity contribution >= 4 is 15.9 Å². The van der Waals surface area contributed by atoms with Crippen molar-refractivity contribution in [3.05, 3.63) is 33.8 Å². The van der Waals surface area contributed by atoms with Crippen LogP contribution in [0.4, 0.5) is 30.7 Å². The monoisotopic (exact) mass is 338 g/mol. The Balaban J connectivity index is 3.55. The summed E-state index contributed by atoms with van der Waals surface area (Å²) in [6, 6.07) is 2.26. The van der Waals surface area contributed by atoms with Crippen molar-refractivity contribution in [3.8, 4) is 0 Å². The molecule has 0 heterocycles. The van der Waals surface area contributed by atoms with E-state index in [1.54, 1.807) is 0 Å². The van der Waals surface area contributed by atoms with Crippen molar-refractivity contribution in [2.45, 2.75) is 24.9 Å². The highest BCUT2D eigenvalue weighted by atomic mass is 79.9. The highest BCUT2D eigenvalue weighted by molar-refractivity contribution is 9.10. The van der Waals surface area contributed by atoms with Gasteiger partial charge in [-0.2, -0.15) is 26.3 Å². The van der Waals surface area contributed by atoms with Gasteiger partial charge in [0.05, 0.1) is 0 Å². The molecule has 0 radical (unpaired) electrons. The molecule has 0 saturated carbocycles. The van der Waals surface area contributed by atoms with Crippen LogP contribution < -0.4 is 0 Å². The quantitative estimate of drug-likeness (QED) is 0.629. The van der Waals surface area contributed by atoms with Gasteiger partial charge in [-0.15, -0.1) is 0 Å². The van der Waals surface area contributed by atoms with E-state index in [2.05, 4.69) is 15.9 Å². The molecule has 1 aromatic carbocycles. The maximum Gasteiger partial charge on any atom is 0.435 e. The van der Waals surface area contributed by atoms with Gasteiger partial charge in [-0.05, 0) is 24.6 Å². The normalized spacial score (nSPS) is 13.8. The third-order valence-electron chi connectivity index (χ3n) is 2.22. The number of aryl methyl sites for hydroxylation is 1. The van der Waals surface area contributed by atoms with Gasteiger partial charge in [0.2, 0.25) is 0 Å². The second-order valence-corrected chi connectivity index (χ2v) is 4.59. The van der Waals surface area contributed by atoms with Crippen LogP contribution in [0.3, 0.4) is 0 Å². The van der Waals surface area contributed by atoms with Gasteiger partial charge in [0.25, 0.3) is 0 Å². The topological polar surface area (TPSA) is 0 Å². The molecule has 0 saturated heterocycles. The Morgan fingerprint density at radius 1 is 0.833 bits per heavy atom. The zero-order valence-electron chi connectivity index (χ0n) is 8.76. The number of benzene rings is 1. The van der Waals surface area contributed by atoms with E-state index in [9.17, 15) is 30.7 Å². The highest BCUT2D eigenvalue weighted by Crippen LogP contribution is 2.53. The lowest BCUT2D eigenvalue weighted by Gasteiger charge is -2.30. The first-order chi connectivity index (χ1) is 7.89.